The number of thiazole rings is 1. The lowest BCUT2D eigenvalue weighted by molar-refractivity contribution is -0.115. The Balaban J connectivity index is 2.34. The van der Waals surface area contributed by atoms with Crippen LogP contribution in [0.3, 0.4) is 0 Å². The van der Waals surface area contributed by atoms with Crippen molar-refractivity contribution in [3.8, 4) is 11.8 Å². The smallest absolute Gasteiger partial charge is 0.273 e. The maximum absolute atomic E-state index is 14.6. The number of aromatic nitrogens is 1. The maximum Gasteiger partial charge on any atom is 0.273 e. The van der Waals surface area contributed by atoms with Gasteiger partial charge in [0.25, 0.3) is 11.5 Å². The van der Waals surface area contributed by atoms with Gasteiger partial charge in [-0.05, 0) is 49.6 Å². The highest BCUT2D eigenvalue weighted by molar-refractivity contribution is 7.07. The van der Waals surface area contributed by atoms with E-state index in [-0.39, 0.29) is 15.9 Å². The highest BCUT2D eigenvalue weighted by Gasteiger charge is 2.18. The zero-order valence-corrected chi connectivity index (χ0v) is 19.1. The lowest BCUT2D eigenvalue weighted by Crippen LogP contribution is -2.34. The molecule has 2 aromatic carbocycles. The molecule has 0 aliphatic carbocycles. The number of nitriles is 1. The Morgan fingerprint density at radius 3 is 2.66 bits per heavy atom. The minimum atomic E-state index is -0.615. The predicted molar refractivity (Wildman–Crippen MR) is 126 cm³/mol. The number of halogens is 1. The predicted octanol–water partition coefficient (Wildman–Crippen LogP) is 3.07. The summed E-state index contributed by atoms with van der Waals surface area (Å²) in [4.78, 5) is 26.1. The summed E-state index contributed by atoms with van der Waals surface area (Å²) >= 11 is 1.01. The van der Waals surface area contributed by atoms with Crippen LogP contribution in [0.25, 0.3) is 17.3 Å². The number of nitrogens with one attached hydrogen (secondary N) is 1. The Bertz CT molecular complexity index is 1380. The average Bonchev–Trinajstić information content (AvgIpc) is 3.07. The van der Waals surface area contributed by atoms with Crippen LogP contribution in [0.4, 0.5) is 4.39 Å². The number of amides is 1. The van der Waals surface area contributed by atoms with Crippen LogP contribution in [0.5, 0.6) is 0 Å². The van der Waals surface area contributed by atoms with Gasteiger partial charge in [0.2, 0.25) is 0 Å². The fraction of sp³-hybridized carbons (Fsp3) is 0.240. The van der Waals surface area contributed by atoms with E-state index in [0.717, 1.165) is 45.4 Å². The number of hydrogen-bond acceptors (Lipinski definition) is 4. The van der Waals surface area contributed by atoms with Gasteiger partial charge in [-0.1, -0.05) is 49.2 Å². The number of hydrogen-bond donors (Lipinski definition) is 1. The Morgan fingerprint density at radius 1 is 1.25 bits per heavy atom. The first-order valence-electron chi connectivity index (χ1n) is 10.4. The molecule has 0 atom stereocenters. The van der Waals surface area contributed by atoms with E-state index >= 15 is 0 Å². The van der Waals surface area contributed by atoms with E-state index in [0.29, 0.717) is 11.1 Å². The van der Waals surface area contributed by atoms with Gasteiger partial charge in [-0.15, -0.1) is 11.3 Å². The number of rotatable bonds is 6. The molecule has 1 aromatic heterocycles. The normalized spacial score (nSPS) is 12.4. The maximum atomic E-state index is 14.6. The summed E-state index contributed by atoms with van der Waals surface area (Å²) in [6.45, 7) is 6.33. The molecule has 3 aromatic rings. The zero-order chi connectivity index (χ0) is 23.3. The van der Waals surface area contributed by atoms with Crippen molar-refractivity contribution < 1.29 is 9.18 Å². The summed E-state index contributed by atoms with van der Waals surface area (Å²) in [7, 11) is 0. The standard InChI is InChI=1S/C25H24FN3O2S/c1-4-5-12-28-23(30)19(15-27)25-29(21-9-7-6-8-20(21)26)24(31)22(32-25)14-18-11-10-16(2)13-17(18)3/h6-11,13-14H,4-5,12H2,1-3H3,(H,28,30)/b22-14-,25-19-. The average molecular weight is 450 g/mol. The van der Waals surface area contributed by atoms with E-state index in [4.69, 9.17) is 0 Å². The molecule has 7 heteroatoms. The van der Waals surface area contributed by atoms with E-state index in [9.17, 15) is 19.2 Å². The molecule has 32 heavy (non-hydrogen) atoms. The molecule has 0 aliphatic rings. The van der Waals surface area contributed by atoms with E-state index < -0.39 is 17.3 Å². The molecule has 1 N–H and O–H groups in total. The molecule has 0 saturated heterocycles. The van der Waals surface area contributed by atoms with Crippen molar-refractivity contribution in [2.45, 2.75) is 33.6 Å². The third-order valence-electron chi connectivity index (χ3n) is 5.00. The molecule has 1 amide bonds. The van der Waals surface area contributed by atoms with Crippen molar-refractivity contribution in [1.29, 1.82) is 5.26 Å². The van der Waals surface area contributed by atoms with Crippen LogP contribution in [-0.4, -0.2) is 17.0 Å². The summed E-state index contributed by atoms with van der Waals surface area (Å²) in [6, 6.07) is 13.6. The van der Waals surface area contributed by atoms with E-state index in [2.05, 4.69) is 5.32 Å². The minimum absolute atomic E-state index is 0.00173. The van der Waals surface area contributed by atoms with Gasteiger partial charge >= 0.3 is 0 Å². The second-order valence-corrected chi connectivity index (χ2v) is 8.49. The Labute approximate surface area is 189 Å². The molecular formula is C25H24FN3O2S. The van der Waals surface area contributed by atoms with Crippen molar-refractivity contribution >= 4 is 28.9 Å². The minimum Gasteiger partial charge on any atom is -0.351 e. The molecule has 0 bridgehead atoms. The molecule has 0 fully saturated rings. The van der Waals surface area contributed by atoms with E-state index in [1.54, 1.807) is 12.1 Å². The second kappa shape index (κ2) is 10.2. The van der Waals surface area contributed by atoms with Crippen molar-refractivity contribution in [2.75, 3.05) is 6.54 Å². The fourth-order valence-corrected chi connectivity index (χ4v) is 4.38. The highest BCUT2D eigenvalue weighted by atomic mass is 32.1. The Hall–Kier alpha value is -3.50. The summed E-state index contributed by atoms with van der Waals surface area (Å²) in [5.74, 6) is -1.19. The summed E-state index contributed by atoms with van der Waals surface area (Å²) in [6.07, 6.45) is 3.36. The summed E-state index contributed by atoms with van der Waals surface area (Å²) in [5, 5.41) is 12.5. The molecule has 0 aliphatic heterocycles. The molecule has 0 radical (unpaired) electrons. The monoisotopic (exact) mass is 449 g/mol. The third kappa shape index (κ3) is 4.87. The van der Waals surface area contributed by atoms with Crippen LogP contribution in [0, 0.1) is 31.0 Å². The van der Waals surface area contributed by atoms with Gasteiger partial charge in [-0.25, -0.2) is 4.39 Å². The molecular weight excluding hydrogens is 425 g/mol. The zero-order valence-electron chi connectivity index (χ0n) is 18.2. The first-order chi connectivity index (χ1) is 15.4. The summed E-state index contributed by atoms with van der Waals surface area (Å²) < 4.78 is 16.2. The SMILES string of the molecule is CCCCNC(=O)/C(C#N)=c1\s/c(=C\c2ccc(C)cc2C)c(=O)n1-c1ccccc1F. The molecule has 5 nitrogen and oxygen atoms in total. The van der Waals surface area contributed by atoms with Crippen molar-refractivity contribution in [1.82, 2.24) is 9.88 Å². The molecule has 0 unspecified atom stereocenters. The van der Waals surface area contributed by atoms with E-state index in [1.807, 2.05) is 45.0 Å². The largest absolute Gasteiger partial charge is 0.351 e. The van der Waals surface area contributed by atoms with Crippen molar-refractivity contribution in [3.05, 3.63) is 84.5 Å². The first kappa shape index (κ1) is 23.2. The van der Waals surface area contributed by atoms with Crippen LogP contribution >= 0.6 is 11.3 Å². The number of nitrogens with zero attached hydrogens (tertiary/aromatic N) is 2. The van der Waals surface area contributed by atoms with Crippen molar-refractivity contribution in [3.63, 3.8) is 0 Å². The van der Waals surface area contributed by atoms with Gasteiger partial charge in [0.05, 0.1) is 10.2 Å². The number of unbranched alkanes of at least 4 members (excludes halogenated alkanes) is 1. The number of carbonyl (C=O) groups excluding carboxylic acids is 1. The molecule has 3 rings (SSSR count). The van der Waals surface area contributed by atoms with Crippen LogP contribution in [0.2, 0.25) is 0 Å². The van der Waals surface area contributed by atoms with Gasteiger partial charge in [-0.3, -0.25) is 14.2 Å². The van der Waals surface area contributed by atoms with Crippen molar-refractivity contribution in [2.24, 2.45) is 0 Å². The first-order valence-corrected chi connectivity index (χ1v) is 11.2. The molecule has 164 valence electrons. The van der Waals surface area contributed by atoms with Gasteiger partial charge in [-0.2, -0.15) is 5.26 Å². The quantitative estimate of drug-likeness (QED) is 0.588. The second-order valence-electron chi connectivity index (χ2n) is 7.46. The molecule has 1 heterocycles. The number of carbonyl (C=O) groups is 1. The third-order valence-corrected chi connectivity index (χ3v) is 6.09. The Kier molecular flexibility index (Phi) is 7.39. The molecule has 0 saturated carbocycles. The van der Waals surface area contributed by atoms with Crippen LogP contribution in [-0.2, 0) is 4.79 Å². The van der Waals surface area contributed by atoms with Crippen LogP contribution in [0.15, 0.2) is 47.3 Å². The van der Waals surface area contributed by atoms with Crippen LogP contribution < -0.4 is 20.1 Å². The van der Waals surface area contributed by atoms with E-state index in [1.165, 1.54) is 18.2 Å². The lowest BCUT2D eigenvalue weighted by atomic mass is 10.1. The topological polar surface area (TPSA) is 74.9 Å². The Morgan fingerprint density at radius 2 is 2.00 bits per heavy atom. The van der Waals surface area contributed by atoms with Gasteiger partial charge < -0.3 is 5.32 Å². The number of aryl methyl sites for hydroxylation is 2. The number of benzene rings is 2. The molecule has 0 spiro atoms. The van der Waals surface area contributed by atoms with Crippen LogP contribution in [0.1, 0.15) is 36.5 Å². The number of para-hydroxylation sites is 1. The fourth-order valence-electron chi connectivity index (χ4n) is 3.29. The summed E-state index contributed by atoms with van der Waals surface area (Å²) in [5.41, 5.74) is 2.22. The van der Waals surface area contributed by atoms with Gasteiger partial charge in [0.15, 0.2) is 5.57 Å². The lowest BCUT2D eigenvalue weighted by Gasteiger charge is -2.06. The highest BCUT2D eigenvalue weighted by Crippen LogP contribution is 2.12. The van der Waals surface area contributed by atoms with Gasteiger partial charge in [0.1, 0.15) is 16.5 Å². The van der Waals surface area contributed by atoms with Gasteiger partial charge in [0, 0.05) is 6.54 Å².